The van der Waals surface area contributed by atoms with Gasteiger partial charge in [0.25, 0.3) is 0 Å². The molecule has 2 rings (SSSR count). The predicted molar refractivity (Wildman–Crippen MR) is 88.3 cm³/mol. The number of amides is 1. The van der Waals surface area contributed by atoms with Gasteiger partial charge in [-0.3, -0.25) is 4.79 Å². The van der Waals surface area contributed by atoms with E-state index in [2.05, 4.69) is 39.1 Å². The van der Waals surface area contributed by atoms with Crippen LogP contribution in [-0.2, 0) is 10.2 Å². The lowest BCUT2D eigenvalue weighted by atomic mass is 9.77. The molecule has 2 unspecified atom stereocenters. The zero-order valence-corrected chi connectivity index (χ0v) is 14.1. The van der Waals surface area contributed by atoms with Gasteiger partial charge in [0.05, 0.1) is 5.41 Å². The summed E-state index contributed by atoms with van der Waals surface area (Å²) < 4.78 is 0. The third-order valence-electron chi connectivity index (χ3n) is 5.05. The van der Waals surface area contributed by atoms with E-state index in [0.717, 1.165) is 23.2 Å². The third kappa shape index (κ3) is 2.98. The van der Waals surface area contributed by atoms with Crippen molar-refractivity contribution in [2.45, 2.75) is 59.4 Å². The van der Waals surface area contributed by atoms with Gasteiger partial charge in [0.2, 0.25) is 5.91 Å². The maximum atomic E-state index is 12.0. The lowest BCUT2D eigenvalue weighted by Gasteiger charge is -2.30. The van der Waals surface area contributed by atoms with Crippen LogP contribution in [0.1, 0.15) is 65.1 Å². The van der Waals surface area contributed by atoms with Crippen LogP contribution in [0.25, 0.3) is 0 Å². The van der Waals surface area contributed by atoms with Crippen LogP contribution in [0.4, 0.5) is 5.69 Å². The second kappa shape index (κ2) is 5.13. The normalized spacial score (nSPS) is 19.9. The average molecular weight is 288 g/mol. The molecule has 3 N–H and O–H groups in total. The second-order valence-electron chi connectivity index (χ2n) is 7.99. The van der Waals surface area contributed by atoms with Crippen molar-refractivity contribution in [1.29, 1.82) is 0 Å². The zero-order chi connectivity index (χ0) is 16.0. The molecule has 0 saturated carbocycles. The number of carbonyl (C=O) groups is 1. The minimum Gasteiger partial charge on any atom is -0.325 e. The van der Waals surface area contributed by atoms with Crippen molar-refractivity contribution in [3.8, 4) is 0 Å². The SMILES string of the molecule is CC(CC(N)c1ccc2c(c1)C(C)(C)C(=O)N2)C(C)(C)C. The predicted octanol–water partition coefficient (Wildman–Crippen LogP) is 3.99. The van der Waals surface area contributed by atoms with Crippen LogP contribution in [-0.4, -0.2) is 5.91 Å². The van der Waals surface area contributed by atoms with Crippen LogP contribution in [0.2, 0.25) is 0 Å². The summed E-state index contributed by atoms with van der Waals surface area (Å²) in [5.74, 6) is 0.597. The molecule has 0 aliphatic carbocycles. The van der Waals surface area contributed by atoms with E-state index in [1.54, 1.807) is 0 Å². The van der Waals surface area contributed by atoms with E-state index in [-0.39, 0.29) is 17.4 Å². The van der Waals surface area contributed by atoms with E-state index in [1.807, 2.05) is 26.0 Å². The maximum absolute atomic E-state index is 12.0. The molecular formula is C18H28N2O. The molecule has 0 bridgehead atoms. The smallest absolute Gasteiger partial charge is 0.234 e. The lowest BCUT2D eigenvalue weighted by molar-refractivity contribution is -0.119. The zero-order valence-electron chi connectivity index (χ0n) is 14.1. The minimum atomic E-state index is -0.472. The molecule has 116 valence electrons. The van der Waals surface area contributed by atoms with Crippen LogP contribution < -0.4 is 11.1 Å². The largest absolute Gasteiger partial charge is 0.325 e. The van der Waals surface area contributed by atoms with Gasteiger partial charge in [-0.25, -0.2) is 0 Å². The summed E-state index contributed by atoms with van der Waals surface area (Å²) in [6.07, 6.45) is 0.949. The topological polar surface area (TPSA) is 55.1 Å². The Morgan fingerprint density at radius 2 is 1.90 bits per heavy atom. The molecule has 3 heteroatoms. The fraction of sp³-hybridized carbons (Fsp3) is 0.611. The van der Waals surface area contributed by atoms with E-state index in [4.69, 9.17) is 5.73 Å². The minimum absolute atomic E-state index is 0.0102. The highest BCUT2D eigenvalue weighted by atomic mass is 16.2. The van der Waals surface area contributed by atoms with E-state index in [9.17, 15) is 4.79 Å². The molecule has 0 spiro atoms. The molecule has 0 radical (unpaired) electrons. The first-order valence-corrected chi connectivity index (χ1v) is 7.75. The monoisotopic (exact) mass is 288 g/mol. The van der Waals surface area contributed by atoms with Crippen LogP contribution in [0, 0.1) is 11.3 Å². The number of fused-ring (bicyclic) bond motifs is 1. The van der Waals surface area contributed by atoms with Crippen molar-refractivity contribution >= 4 is 11.6 Å². The molecule has 1 amide bonds. The lowest BCUT2D eigenvalue weighted by Crippen LogP contribution is -2.27. The van der Waals surface area contributed by atoms with Gasteiger partial charge < -0.3 is 11.1 Å². The Labute approximate surface area is 128 Å². The number of rotatable bonds is 3. The molecule has 21 heavy (non-hydrogen) atoms. The number of carbonyl (C=O) groups excluding carboxylic acids is 1. The van der Waals surface area contributed by atoms with Gasteiger partial charge in [-0.15, -0.1) is 0 Å². The van der Waals surface area contributed by atoms with Crippen molar-refractivity contribution in [3.63, 3.8) is 0 Å². The highest BCUT2D eigenvalue weighted by molar-refractivity contribution is 6.05. The molecule has 1 aliphatic heterocycles. The molecule has 3 nitrogen and oxygen atoms in total. The molecular weight excluding hydrogens is 260 g/mol. The quantitative estimate of drug-likeness (QED) is 0.883. The molecule has 1 heterocycles. The van der Waals surface area contributed by atoms with Crippen LogP contribution >= 0.6 is 0 Å². The van der Waals surface area contributed by atoms with Gasteiger partial charge in [0, 0.05) is 11.7 Å². The molecule has 0 saturated heterocycles. The average Bonchev–Trinajstić information content (AvgIpc) is 2.59. The summed E-state index contributed by atoms with van der Waals surface area (Å²) in [4.78, 5) is 12.0. The number of hydrogen-bond donors (Lipinski definition) is 2. The maximum Gasteiger partial charge on any atom is 0.234 e. The summed E-state index contributed by atoms with van der Waals surface area (Å²) in [7, 11) is 0. The van der Waals surface area contributed by atoms with Gasteiger partial charge >= 0.3 is 0 Å². The summed E-state index contributed by atoms with van der Waals surface area (Å²) in [5.41, 5.74) is 9.29. The Bertz CT molecular complexity index is 555. The van der Waals surface area contributed by atoms with E-state index >= 15 is 0 Å². The molecule has 1 aliphatic rings. The van der Waals surface area contributed by atoms with Crippen LogP contribution in [0.5, 0.6) is 0 Å². The first kappa shape index (κ1) is 16.0. The number of nitrogens with one attached hydrogen (secondary N) is 1. The van der Waals surface area contributed by atoms with Crippen LogP contribution in [0.3, 0.4) is 0 Å². The Morgan fingerprint density at radius 1 is 1.29 bits per heavy atom. The third-order valence-corrected chi connectivity index (χ3v) is 5.05. The molecule has 1 aromatic rings. The number of hydrogen-bond acceptors (Lipinski definition) is 2. The molecule has 0 aromatic heterocycles. The first-order chi connectivity index (χ1) is 9.53. The van der Waals surface area contributed by atoms with Crippen molar-refractivity contribution < 1.29 is 4.79 Å². The van der Waals surface area contributed by atoms with Gasteiger partial charge in [-0.1, -0.05) is 39.8 Å². The highest BCUT2D eigenvalue weighted by Gasteiger charge is 2.38. The number of benzene rings is 1. The summed E-state index contributed by atoms with van der Waals surface area (Å²) in [6.45, 7) is 12.9. The number of anilines is 1. The highest BCUT2D eigenvalue weighted by Crippen LogP contribution is 2.39. The fourth-order valence-electron chi connectivity index (χ4n) is 2.69. The van der Waals surface area contributed by atoms with Crippen molar-refractivity contribution in [1.82, 2.24) is 0 Å². The van der Waals surface area contributed by atoms with Gasteiger partial charge in [0.15, 0.2) is 0 Å². The Kier molecular flexibility index (Phi) is 3.92. The van der Waals surface area contributed by atoms with E-state index in [1.165, 1.54) is 0 Å². The van der Waals surface area contributed by atoms with Crippen molar-refractivity contribution in [2.24, 2.45) is 17.1 Å². The first-order valence-electron chi connectivity index (χ1n) is 7.75. The van der Waals surface area contributed by atoms with Gasteiger partial charge in [-0.05, 0) is 48.8 Å². The van der Waals surface area contributed by atoms with Crippen LogP contribution in [0.15, 0.2) is 18.2 Å². The Hall–Kier alpha value is -1.35. The van der Waals surface area contributed by atoms with Gasteiger partial charge in [0.1, 0.15) is 0 Å². The number of nitrogens with two attached hydrogens (primary N) is 1. The van der Waals surface area contributed by atoms with Gasteiger partial charge in [-0.2, -0.15) is 0 Å². The van der Waals surface area contributed by atoms with E-state index < -0.39 is 5.41 Å². The fourth-order valence-corrected chi connectivity index (χ4v) is 2.69. The summed E-state index contributed by atoms with van der Waals surface area (Å²) >= 11 is 0. The Balaban J connectivity index is 2.24. The molecule has 0 fully saturated rings. The summed E-state index contributed by atoms with van der Waals surface area (Å²) in [6, 6.07) is 6.14. The summed E-state index contributed by atoms with van der Waals surface area (Å²) in [5, 5.41) is 2.94. The van der Waals surface area contributed by atoms with Crippen molar-refractivity contribution in [3.05, 3.63) is 29.3 Å². The second-order valence-corrected chi connectivity index (χ2v) is 7.99. The standard InChI is InChI=1S/C18H28N2O/c1-11(17(2,3)4)9-14(19)12-7-8-15-13(10-12)18(5,6)16(21)20-15/h7-8,10-11,14H,9,19H2,1-6H3,(H,20,21). The van der Waals surface area contributed by atoms with E-state index in [0.29, 0.717) is 5.92 Å². The molecule has 1 aromatic carbocycles. The Morgan fingerprint density at radius 3 is 2.48 bits per heavy atom. The van der Waals surface area contributed by atoms with Crippen molar-refractivity contribution in [2.75, 3.05) is 5.32 Å². The molecule has 2 atom stereocenters.